The molecular weight excluding hydrogens is 150 g/mol. The maximum absolute atomic E-state index is 10.2. The first-order valence-corrected chi connectivity index (χ1v) is 3.19. The number of carbonyl (C=O) groups is 1. The predicted molar refractivity (Wildman–Crippen MR) is 39.4 cm³/mol. The van der Waals surface area contributed by atoms with E-state index in [1.807, 2.05) is 6.92 Å². The van der Waals surface area contributed by atoms with Gasteiger partial charge in [-0.25, -0.2) is 4.98 Å². The summed E-state index contributed by atoms with van der Waals surface area (Å²) in [4.78, 5) is 13.9. The molecule has 0 bridgehead atoms. The highest BCUT2D eigenvalue weighted by Gasteiger charge is 1.94. The van der Waals surface area contributed by atoms with Crippen LogP contribution in [0.1, 0.15) is 16.1 Å². The van der Waals surface area contributed by atoms with Crippen LogP contribution in [-0.2, 0) is 0 Å². The van der Waals surface area contributed by atoms with Crippen LogP contribution < -0.4 is 0 Å². The average Bonchev–Trinajstić information content (AvgIpc) is 1.85. The van der Waals surface area contributed by atoms with Gasteiger partial charge in [0, 0.05) is 0 Å². The normalized spacial score (nSPS) is 9.40. The van der Waals surface area contributed by atoms with Gasteiger partial charge in [0.25, 0.3) is 0 Å². The standard InChI is InChI=1S/C7H6ClNO/c1-5-2-6(4-10)9-7(8)3-5/h2-4H,1H3. The molecule has 1 rings (SSSR count). The molecule has 0 spiro atoms. The number of hydrogen-bond donors (Lipinski definition) is 0. The Kier molecular flexibility index (Phi) is 2.02. The quantitative estimate of drug-likeness (QED) is 0.458. The number of aromatic nitrogens is 1. The van der Waals surface area contributed by atoms with Gasteiger partial charge in [-0.05, 0) is 24.6 Å². The molecule has 0 aliphatic heterocycles. The van der Waals surface area contributed by atoms with Gasteiger partial charge in [0.05, 0.1) is 0 Å². The van der Waals surface area contributed by atoms with Gasteiger partial charge in [0.15, 0.2) is 6.29 Å². The lowest BCUT2D eigenvalue weighted by Gasteiger charge is -1.93. The minimum atomic E-state index is 0.363. The average molecular weight is 156 g/mol. The van der Waals surface area contributed by atoms with Crippen molar-refractivity contribution in [1.29, 1.82) is 0 Å². The molecule has 0 unspecified atom stereocenters. The molecule has 0 aliphatic carbocycles. The Bertz CT molecular complexity index is 240. The summed E-state index contributed by atoms with van der Waals surface area (Å²) in [6, 6.07) is 3.38. The number of rotatable bonds is 1. The minimum Gasteiger partial charge on any atom is -0.296 e. The van der Waals surface area contributed by atoms with E-state index >= 15 is 0 Å². The van der Waals surface area contributed by atoms with Crippen LogP contribution in [0.25, 0.3) is 0 Å². The molecule has 0 saturated carbocycles. The van der Waals surface area contributed by atoms with E-state index < -0.39 is 0 Å². The van der Waals surface area contributed by atoms with E-state index in [0.29, 0.717) is 17.1 Å². The highest BCUT2D eigenvalue weighted by molar-refractivity contribution is 6.29. The number of pyridine rings is 1. The Morgan fingerprint density at radius 2 is 2.30 bits per heavy atom. The van der Waals surface area contributed by atoms with Crippen molar-refractivity contribution in [2.24, 2.45) is 0 Å². The Balaban J connectivity index is 3.18. The summed E-state index contributed by atoms with van der Waals surface area (Å²) < 4.78 is 0. The summed E-state index contributed by atoms with van der Waals surface area (Å²) in [6.45, 7) is 1.86. The third-order valence-electron chi connectivity index (χ3n) is 1.08. The van der Waals surface area contributed by atoms with Gasteiger partial charge in [-0.1, -0.05) is 11.6 Å². The van der Waals surface area contributed by atoms with Crippen molar-refractivity contribution in [2.45, 2.75) is 6.92 Å². The van der Waals surface area contributed by atoms with E-state index in [0.717, 1.165) is 5.56 Å². The molecule has 2 nitrogen and oxygen atoms in total. The smallest absolute Gasteiger partial charge is 0.168 e. The highest BCUT2D eigenvalue weighted by Crippen LogP contribution is 2.07. The maximum Gasteiger partial charge on any atom is 0.168 e. The molecule has 0 fully saturated rings. The second kappa shape index (κ2) is 2.80. The predicted octanol–water partition coefficient (Wildman–Crippen LogP) is 1.86. The Labute approximate surface area is 63.8 Å². The van der Waals surface area contributed by atoms with Crippen LogP contribution in [0, 0.1) is 6.92 Å². The molecule has 0 amide bonds. The van der Waals surface area contributed by atoms with Crippen molar-refractivity contribution in [2.75, 3.05) is 0 Å². The van der Waals surface area contributed by atoms with Crippen LogP contribution >= 0.6 is 11.6 Å². The number of aryl methyl sites for hydroxylation is 1. The fourth-order valence-corrected chi connectivity index (χ4v) is 0.981. The number of aldehydes is 1. The number of halogens is 1. The van der Waals surface area contributed by atoms with E-state index in [1.165, 1.54) is 0 Å². The molecule has 0 N–H and O–H groups in total. The van der Waals surface area contributed by atoms with E-state index in [-0.39, 0.29) is 0 Å². The van der Waals surface area contributed by atoms with Crippen LogP contribution in [-0.4, -0.2) is 11.3 Å². The van der Waals surface area contributed by atoms with Gasteiger partial charge in [-0.15, -0.1) is 0 Å². The molecule has 3 heteroatoms. The minimum absolute atomic E-state index is 0.363. The van der Waals surface area contributed by atoms with Crippen molar-refractivity contribution in [3.8, 4) is 0 Å². The lowest BCUT2D eigenvalue weighted by Crippen LogP contribution is -1.87. The zero-order valence-electron chi connectivity index (χ0n) is 5.47. The zero-order chi connectivity index (χ0) is 7.56. The van der Waals surface area contributed by atoms with Crippen LogP contribution in [0.15, 0.2) is 12.1 Å². The van der Waals surface area contributed by atoms with Gasteiger partial charge in [-0.3, -0.25) is 4.79 Å². The van der Waals surface area contributed by atoms with Crippen LogP contribution in [0.5, 0.6) is 0 Å². The molecule has 0 aliphatic rings. The first-order valence-electron chi connectivity index (χ1n) is 2.82. The fourth-order valence-electron chi connectivity index (χ4n) is 0.711. The number of carbonyl (C=O) groups excluding carboxylic acids is 1. The molecule has 1 aromatic heterocycles. The molecule has 52 valence electrons. The second-order valence-electron chi connectivity index (χ2n) is 2.01. The van der Waals surface area contributed by atoms with E-state index in [2.05, 4.69) is 4.98 Å². The Morgan fingerprint density at radius 3 is 2.80 bits per heavy atom. The molecule has 0 radical (unpaired) electrons. The lowest BCUT2D eigenvalue weighted by atomic mass is 10.2. The van der Waals surface area contributed by atoms with Crippen molar-refractivity contribution in [3.05, 3.63) is 28.5 Å². The zero-order valence-corrected chi connectivity index (χ0v) is 6.22. The van der Waals surface area contributed by atoms with Crippen molar-refractivity contribution >= 4 is 17.9 Å². The van der Waals surface area contributed by atoms with E-state index in [4.69, 9.17) is 11.6 Å². The molecule has 0 aromatic carbocycles. The van der Waals surface area contributed by atoms with Crippen molar-refractivity contribution in [3.63, 3.8) is 0 Å². The fraction of sp³-hybridized carbons (Fsp3) is 0.143. The van der Waals surface area contributed by atoms with Gasteiger partial charge in [0.1, 0.15) is 10.8 Å². The molecule has 0 saturated heterocycles. The highest BCUT2D eigenvalue weighted by atomic mass is 35.5. The molecule has 1 aromatic rings. The maximum atomic E-state index is 10.2. The van der Waals surface area contributed by atoms with Gasteiger partial charge in [0.2, 0.25) is 0 Å². The summed E-state index contributed by atoms with van der Waals surface area (Å²) in [5, 5.41) is 0.363. The Hall–Kier alpha value is -0.890. The molecular formula is C7H6ClNO. The van der Waals surface area contributed by atoms with Gasteiger partial charge in [-0.2, -0.15) is 0 Å². The monoisotopic (exact) mass is 155 g/mol. The summed E-state index contributed by atoms with van der Waals surface area (Å²) in [7, 11) is 0. The SMILES string of the molecule is Cc1cc(Cl)nc(C=O)c1. The number of hydrogen-bond acceptors (Lipinski definition) is 2. The summed E-state index contributed by atoms with van der Waals surface area (Å²) in [5.74, 6) is 0. The summed E-state index contributed by atoms with van der Waals surface area (Å²) >= 11 is 5.56. The Morgan fingerprint density at radius 1 is 1.60 bits per heavy atom. The molecule has 10 heavy (non-hydrogen) atoms. The van der Waals surface area contributed by atoms with Crippen LogP contribution in [0.3, 0.4) is 0 Å². The largest absolute Gasteiger partial charge is 0.296 e. The van der Waals surface area contributed by atoms with Crippen LogP contribution in [0.4, 0.5) is 0 Å². The van der Waals surface area contributed by atoms with E-state index in [9.17, 15) is 4.79 Å². The van der Waals surface area contributed by atoms with Gasteiger partial charge >= 0.3 is 0 Å². The molecule has 1 heterocycles. The first-order chi connectivity index (χ1) is 4.72. The lowest BCUT2D eigenvalue weighted by molar-refractivity contribution is 0.111. The third-order valence-corrected chi connectivity index (χ3v) is 1.27. The van der Waals surface area contributed by atoms with Crippen LogP contribution in [0.2, 0.25) is 5.15 Å². The topological polar surface area (TPSA) is 30.0 Å². The van der Waals surface area contributed by atoms with Crippen molar-refractivity contribution < 1.29 is 4.79 Å². The number of nitrogens with zero attached hydrogens (tertiary/aromatic N) is 1. The first kappa shape index (κ1) is 7.22. The van der Waals surface area contributed by atoms with Gasteiger partial charge < -0.3 is 0 Å². The molecule has 0 atom stereocenters. The third kappa shape index (κ3) is 1.54. The van der Waals surface area contributed by atoms with E-state index in [1.54, 1.807) is 12.1 Å². The summed E-state index contributed by atoms with van der Waals surface area (Å²) in [6.07, 6.45) is 0.679. The summed E-state index contributed by atoms with van der Waals surface area (Å²) in [5.41, 5.74) is 1.33. The second-order valence-corrected chi connectivity index (χ2v) is 2.40. The van der Waals surface area contributed by atoms with Crippen molar-refractivity contribution in [1.82, 2.24) is 4.98 Å².